The third-order valence-corrected chi connectivity index (χ3v) is 9.76. The lowest BCUT2D eigenvalue weighted by atomic mass is 10.2. The molecule has 0 N–H and O–H groups in total. The van der Waals surface area contributed by atoms with Gasteiger partial charge in [-0.1, -0.05) is 22.9 Å². The van der Waals surface area contributed by atoms with Crippen LogP contribution in [0.1, 0.15) is 40.2 Å². The van der Waals surface area contributed by atoms with E-state index >= 15 is 0 Å². The van der Waals surface area contributed by atoms with Gasteiger partial charge in [0.1, 0.15) is 0 Å². The van der Waals surface area contributed by atoms with Crippen LogP contribution in [0, 0.1) is 20.8 Å². The minimum Gasteiger partial charge on any atom is -0.282 e. The number of halogens is 1. The van der Waals surface area contributed by atoms with E-state index < -0.39 is 10.0 Å². The number of hydrogen-bond acceptors (Lipinski definition) is 6. The third-order valence-electron chi connectivity index (χ3n) is 6.59. The molecule has 0 unspecified atom stereocenters. The molecule has 1 amide bonds. The first-order chi connectivity index (χ1) is 17.5. The normalized spacial score (nSPS) is 14.0. The Balaban J connectivity index is 1.47. The lowest BCUT2D eigenvalue weighted by Gasteiger charge is -2.21. The van der Waals surface area contributed by atoms with Gasteiger partial charge < -0.3 is 0 Å². The second-order valence-electron chi connectivity index (χ2n) is 9.45. The zero-order valence-electron chi connectivity index (χ0n) is 21.1. The van der Waals surface area contributed by atoms with Crippen molar-refractivity contribution >= 4 is 54.2 Å². The van der Waals surface area contributed by atoms with Crippen molar-refractivity contribution in [3.05, 3.63) is 70.0 Å². The Kier molecular flexibility index (Phi) is 6.86. The number of anilines is 1. The van der Waals surface area contributed by atoms with Gasteiger partial charge in [0.05, 0.1) is 27.4 Å². The molecule has 11 heteroatoms. The Morgan fingerprint density at radius 2 is 1.84 bits per heavy atom. The van der Waals surface area contributed by atoms with Gasteiger partial charge in [0.2, 0.25) is 10.0 Å². The Hall–Kier alpha value is -2.79. The number of nitrogens with zero attached hydrogens (tertiary/aromatic N) is 5. The fraction of sp³-hybridized carbons (Fsp3) is 0.346. The van der Waals surface area contributed by atoms with Crippen LogP contribution in [0.5, 0.6) is 0 Å². The zero-order chi connectivity index (χ0) is 26.5. The number of carbonyl (C=O) groups is 1. The van der Waals surface area contributed by atoms with Crippen LogP contribution in [0.3, 0.4) is 0 Å². The highest BCUT2D eigenvalue weighted by molar-refractivity contribution is 7.89. The van der Waals surface area contributed by atoms with E-state index in [0.29, 0.717) is 28.8 Å². The summed E-state index contributed by atoms with van der Waals surface area (Å²) in [6.07, 6.45) is 1.76. The molecule has 1 fully saturated rings. The van der Waals surface area contributed by atoms with Crippen molar-refractivity contribution in [2.24, 2.45) is 0 Å². The summed E-state index contributed by atoms with van der Waals surface area (Å²) in [4.78, 5) is 20.4. The van der Waals surface area contributed by atoms with E-state index in [1.165, 1.54) is 27.8 Å². The van der Waals surface area contributed by atoms with Crippen molar-refractivity contribution in [2.75, 3.05) is 18.5 Å². The molecule has 1 aliphatic rings. The van der Waals surface area contributed by atoms with Gasteiger partial charge in [0, 0.05) is 35.9 Å². The predicted molar refractivity (Wildman–Crippen MR) is 147 cm³/mol. The molecule has 0 bridgehead atoms. The Labute approximate surface area is 225 Å². The number of rotatable bonds is 8. The molecule has 2 aromatic heterocycles. The molecule has 4 aromatic rings. The van der Waals surface area contributed by atoms with Gasteiger partial charge in [-0.05, 0) is 81.6 Å². The number of sulfonamides is 1. The summed E-state index contributed by atoms with van der Waals surface area (Å²) in [6, 6.07) is 11.9. The van der Waals surface area contributed by atoms with Crippen LogP contribution in [-0.2, 0) is 16.6 Å². The summed E-state index contributed by atoms with van der Waals surface area (Å²) in [5.41, 5.74) is 4.04. The number of thiazole rings is 1. The lowest BCUT2D eigenvalue weighted by molar-refractivity contribution is 0.0985. The third kappa shape index (κ3) is 5.16. The van der Waals surface area contributed by atoms with Gasteiger partial charge in [-0.15, -0.1) is 0 Å². The molecule has 0 atom stereocenters. The summed E-state index contributed by atoms with van der Waals surface area (Å²) < 4.78 is 30.0. The van der Waals surface area contributed by atoms with E-state index in [1.807, 2.05) is 43.7 Å². The second-order valence-corrected chi connectivity index (χ2v) is 12.9. The molecule has 37 heavy (non-hydrogen) atoms. The smallest absolute Gasteiger partial charge is 0.260 e. The number of benzene rings is 2. The van der Waals surface area contributed by atoms with Crippen molar-refractivity contribution in [3.8, 4) is 0 Å². The summed E-state index contributed by atoms with van der Waals surface area (Å²) in [5, 5.41) is 5.70. The van der Waals surface area contributed by atoms with Gasteiger partial charge in [0.15, 0.2) is 5.13 Å². The van der Waals surface area contributed by atoms with Gasteiger partial charge in [-0.3, -0.25) is 14.4 Å². The lowest BCUT2D eigenvalue weighted by Crippen LogP contribution is -2.34. The van der Waals surface area contributed by atoms with Crippen LogP contribution in [0.15, 0.2) is 47.4 Å². The molecule has 0 saturated heterocycles. The fourth-order valence-electron chi connectivity index (χ4n) is 4.36. The monoisotopic (exact) mass is 557 g/mol. The molecule has 8 nitrogen and oxygen atoms in total. The summed E-state index contributed by atoms with van der Waals surface area (Å²) in [6.45, 7) is 6.69. The van der Waals surface area contributed by atoms with Gasteiger partial charge in [-0.25, -0.2) is 13.4 Å². The quantitative estimate of drug-likeness (QED) is 0.297. The number of fused-ring (bicyclic) bond motifs is 1. The molecule has 0 spiro atoms. The molecular weight excluding hydrogens is 530 g/mol. The van der Waals surface area contributed by atoms with Crippen LogP contribution in [0.4, 0.5) is 5.13 Å². The van der Waals surface area contributed by atoms with E-state index in [0.717, 1.165) is 40.0 Å². The topological polar surface area (TPSA) is 88.4 Å². The minimum atomic E-state index is -3.59. The highest BCUT2D eigenvalue weighted by Crippen LogP contribution is 2.34. The van der Waals surface area contributed by atoms with Crippen LogP contribution in [0.25, 0.3) is 10.2 Å². The first-order valence-electron chi connectivity index (χ1n) is 12.0. The Morgan fingerprint density at radius 3 is 2.46 bits per heavy atom. The van der Waals surface area contributed by atoms with E-state index in [4.69, 9.17) is 16.6 Å². The first kappa shape index (κ1) is 25.8. The minimum absolute atomic E-state index is 0.0622. The Bertz CT molecular complexity index is 1590. The van der Waals surface area contributed by atoms with Crippen molar-refractivity contribution in [1.29, 1.82) is 0 Å². The predicted octanol–water partition coefficient (Wildman–Crippen LogP) is 5.20. The van der Waals surface area contributed by atoms with Crippen LogP contribution < -0.4 is 4.90 Å². The maximum Gasteiger partial charge on any atom is 0.260 e. The van der Waals surface area contributed by atoms with E-state index in [-0.39, 0.29) is 16.8 Å². The Morgan fingerprint density at radius 1 is 1.14 bits per heavy atom. The largest absolute Gasteiger partial charge is 0.282 e. The molecule has 194 valence electrons. The summed E-state index contributed by atoms with van der Waals surface area (Å²) >= 11 is 7.66. The fourth-order valence-corrected chi connectivity index (χ4v) is 7.22. The SMILES string of the molecule is Cc1cc(C)n(CCN(C(=O)c2ccc(S(=O)(=O)N(C)C3CC3)cc2)c2nc3c(C)cc(Cl)cc3s2)n1. The van der Waals surface area contributed by atoms with Crippen molar-refractivity contribution < 1.29 is 13.2 Å². The molecule has 2 aromatic carbocycles. The maximum atomic E-state index is 13.8. The standard InChI is InChI=1S/C26H28ClN5O3S2/c1-16-13-20(27)15-23-24(16)28-26(36-23)31(11-12-32-18(3)14-17(2)29-32)25(33)19-5-9-22(10-6-19)37(34,35)30(4)21-7-8-21/h5-6,9-10,13-15,21H,7-8,11-12H2,1-4H3. The summed E-state index contributed by atoms with van der Waals surface area (Å²) in [5.74, 6) is -0.260. The number of carbonyl (C=O) groups excluding carboxylic acids is 1. The number of aromatic nitrogens is 3. The number of aryl methyl sites for hydroxylation is 3. The van der Waals surface area contributed by atoms with Crippen LogP contribution in [-0.4, -0.2) is 53.0 Å². The molecule has 5 rings (SSSR count). The molecule has 0 aliphatic heterocycles. The second kappa shape index (κ2) is 9.83. The van der Waals surface area contributed by atoms with Crippen LogP contribution in [0.2, 0.25) is 5.02 Å². The molecule has 1 saturated carbocycles. The first-order valence-corrected chi connectivity index (χ1v) is 14.7. The van der Waals surface area contributed by atoms with Crippen molar-refractivity contribution in [2.45, 2.75) is 51.1 Å². The zero-order valence-corrected chi connectivity index (χ0v) is 23.5. The summed E-state index contributed by atoms with van der Waals surface area (Å²) in [7, 11) is -1.99. The van der Waals surface area contributed by atoms with Gasteiger partial charge in [-0.2, -0.15) is 9.40 Å². The highest BCUT2D eigenvalue weighted by atomic mass is 35.5. The molecule has 0 radical (unpaired) electrons. The molecule has 1 aliphatic carbocycles. The van der Waals surface area contributed by atoms with E-state index in [1.54, 1.807) is 24.1 Å². The van der Waals surface area contributed by atoms with Crippen molar-refractivity contribution in [3.63, 3.8) is 0 Å². The van der Waals surface area contributed by atoms with E-state index in [2.05, 4.69) is 5.10 Å². The van der Waals surface area contributed by atoms with Crippen molar-refractivity contribution in [1.82, 2.24) is 19.1 Å². The average Bonchev–Trinajstić information content (AvgIpc) is 3.53. The molecule has 2 heterocycles. The average molecular weight is 558 g/mol. The maximum absolute atomic E-state index is 13.8. The van der Waals surface area contributed by atoms with Gasteiger partial charge >= 0.3 is 0 Å². The number of amides is 1. The van der Waals surface area contributed by atoms with Gasteiger partial charge in [0.25, 0.3) is 5.91 Å². The molecular formula is C26H28ClN5O3S2. The highest BCUT2D eigenvalue weighted by Gasteiger charge is 2.35. The van der Waals surface area contributed by atoms with E-state index in [9.17, 15) is 13.2 Å². The van der Waals surface area contributed by atoms with Crippen LogP contribution >= 0.6 is 22.9 Å². The number of hydrogen-bond donors (Lipinski definition) is 0.